The first kappa shape index (κ1) is 29.4. The lowest BCUT2D eigenvalue weighted by molar-refractivity contribution is -0.0285. The second-order valence-corrected chi connectivity index (χ2v) is 13.5. The second kappa shape index (κ2) is 10.7. The van der Waals surface area contributed by atoms with Crippen LogP contribution in [0.25, 0.3) is 10.9 Å². The van der Waals surface area contributed by atoms with Crippen LogP contribution in [0.5, 0.6) is 6.01 Å². The molecule has 3 saturated heterocycles. The summed E-state index contributed by atoms with van der Waals surface area (Å²) in [7, 11) is 0. The Kier molecular flexibility index (Phi) is 7.84. The number of rotatable bonds is 4. The van der Waals surface area contributed by atoms with Gasteiger partial charge in [-0.15, -0.1) is 0 Å². The predicted molar refractivity (Wildman–Crippen MR) is 150 cm³/mol. The van der Waals surface area contributed by atoms with Crippen LogP contribution in [0.1, 0.15) is 47.0 Å². The van der Waals surface area contributed by atoms with E-state index in [1.165, 1.54) is 11.0 Å². The first-order valence-corrected chi connectivity index (χ1v) is 14.7. The number of aromatic nitrogens is 2. The van der Waals surface area contributed by atoms with Gasteiger partial charge in [0.1, 0.15) is 23.5 Å². The number of hydrogen-bond donors (Lipinski definition) is 0. The summed E-state index contributed by atoms with van der Waals surface area (Å²) in [4.78, 5) is 26.3. The summed E-state index contributed by atoms with van der Waals surface area (Å²) in [6, 6.07) is 1.36. The predicted octanol–water partition coefficient (Wildman–Crippen LogP) is 6.13. The number of nitrogens with zero attached hydrogens (tertiary/aromatic N) is 5. The minimum absolute atomic E-state index is 0.00488. The smallest absolute Gasteiger partial charge is 0.410 e. The number of hydrogen-bond acceptors (Lipinski definition) is 7. The number of anilines is 1. The number of fused-ring (bicyclic) bond motifs is 2. The van der Waals surface area contributed by atoms with Crippen LogP contribution in [0.3, 0.4) is 0 Å². The maximum absolute atomic E-state index is 15.4. The molecule has 0 saturated carbocycles. The first-order chi connectivity index (χ1) is 18.7. The third-order valence-electron chi connectivity index (χ3n) is 7.69. The van der Waals surface area contributed by atoms with Crippen LogP contribution in [-0.2, 0) is 4.74 Å². The Labute approximate surface area is 245 Å². The Morgan fingerprint density at radius 2 is 1.98 bits per heavy atom. The van der Waals surface area contributed by atoms with Crippen LogP contribution in [0.4, 0.5) is 23.8 Å². The third-order valence-corrected chi connectivity index (χ3v) is 8.99. The SMILES string of the molecule is CC1CN2CCC[C@@]2(COc2nc(N3CCN(C(=O)OC(C)(C)C)CC(F)(F)C3)c3cc(Cl)c(Br)c(F)c3n2)C1. The number of alkyl halides is 2. The summed E-state index contributed by atoms with van der Waals surface area (Å²) in [6.07, 6.45) is 2.19. The molecule has 3 fully saturated rings. The zero-order valence-electron chi connectivity index (χ0n) is 23.1. The number of amides is 1. The highest BCUT2D eigenvalue weighted by atomic mass is 79.9. The molecule has 0 aliphatic carbocycles. The average Bonchev–Trinajstić information content (AvgIpc) is 3.31. The van der Waals surface area contributed by atoms with E-state index in [1.807, 2.05) is 0 Å². The summed E-state index contributed by atoms with van der Waals surface area (Å²) in [6.45, 7) is 7.93. The standard InChI is InChI=1S/C27H34BrClF3N5O3/c1-16-11-26(6-5-7-37(26)12-16)15-39-23-33-21-17(10-18(29)19(28)20(21)30)22(34-23)35-8-9-36(14-27(31,32)13-35)24(38)40-25(2,3)4/h10,16H,5-9,11-15H2,1-4H3/t16?,26-/m0/s1. The Bertz CT molecular complexity index is 1310. The molecule has 0 radical (unpaired) electrons. The molecule has 1 unspecified atom stereocenters. The van der Waals surface area contributed by atoms with E-state index in [0.29, 0.717) is 12.5 Å². The minimum Gasteiger partial charge on any atom is -0.461 e. The molecule has 1 amide bonds. The molecule has 0 N–H and O–H groups in total. The van der Waals surface area contributed by atoms with Crippen LogP contribution in [0.2, 0.25) is 5.02 Å². The Balaban J connectivity index is 1.49. The van der Waals surface area contributed by atoms with E-state index >= 15 is 13.2 Å². The molecule has 220 valence electrons. The quantitative estimate of drug-likeness (QED) is 0.370. The van der Waals surface area contributed by atoms with Gasteiger partial charge in [-0.05, 0) is 74.5 Å². The molecule has 1 aromatic heterocycles. The van der Waals surface area contributed by atoms with Crippen LogP contribution in [0.15, 0.2) is 10.5 Å². The molecule has 0 bridgehead atoms. The molecule has 1 aromatic carbocycles. The first-order valence-electron chi connectivity index (χ1n) is 13.5. The molecule has 13 heteroatoms. The van der Waals surface area contributed by atoms with Crippen molar-refractivity contribution in [1.82, 2.24) is 19.8 Å². The van der Waals surface area contributed by atoms with Gasteiger partial charge >= 0.3 is 12.1 Å². The highest BCUT2D eigenvalue weighted by molar-refractivity contribution is 9.10. The Morgan fingerprint density at radius 3 is 2.70 bits per heavy atom. The van der Waals surface area contributed by atoms with Gasteiger partial charge in [0.25, 0.3) is 5.92 Å². The van der Waals surface area contributed by atoms with Crippen molar-refractivity contribution in [2.75, 3.05) is 50.8 Å². The van der Waals surface area contributed by atoms with Gasteiger partial charge in [0.15, 0.2) is 5.82 Å². The van der Waals surface area contributed by atoms with E-state index in [2.05, 4.69) is 37.7 Å². The molecule has 3 aliphatic heterocycles. The average molecular weight is 649 g/mol. The summed E-state index contributed by atoms with van der Waals surface area (Å²) in [5.41, 5.74) is -1.06. The minimum atomic E-state index is -3.30. The molecule has 4 heterocycles. The van der Waals surface area contributed by atoms with Crippen LogP contribution in [0, 0.1) is 11.7 Å². The fourth-order valence-corrected chi connectivity index (χ4v) is 6.63. The highest BCUT2D eigenvalue weighted by Gasteiger charge is 2.48. The Morgan fingerprint density at radius 1 is 1.23 bits per heavy atom. The number of carbonyl (C=O) groups excluding carboxylic acids is 1. The van der Waals surface area contributed by atoms with Gasteiger partial charge in [0.05, 0.1) is 28.1 Å². The van der Waals surface area contributed by atoms with Gasteiger partial charge in [-0.25, -0.2) is 18.0 Å². The number of halogens is 5. The normalized spacial score (nSPS) is 25.3. The van der Waals surface area contributed by atoms with Gasteiger partial charge < -0.3 is 19.3 Å². The summed E-state index contributed by atoms with van der Waals surface area (Å²) < 4.78 is 57.4. The van der Waals surface area contributed by atoms with E-state index in [-0.39, 0.29) is 50.9 Å². The zero-order chi connectivity index (χ0) is 29.0. The van der Waals surface area contributed by atoms with Crippen molar-refractivity contribution in [2.24, 2.45) is 5.92 Å². The molecule has 2 atom stereocenters. The second-order valence-electron chi connectivity index (χ2n) is 12.3. The molecular formula is C27H34BrClF3N5O3. The molecular weight excluding hydrogens is 615 g/mol. The van der Waals surface area contributed by atoms with E-state index < -0.39 is 36.5 Å². The largest absolute Gasteiger partial charge is 0.461 e. The van der Waals surface area contributed by atoms with Gasteiger partial charge in [-0.3, -0.25) is 4.90 Å². The lowest BCUT2D eigenvalue weighted by Gasteiger charge is -2.31. The van der Waals surface area contributed by atoms with Crippen molar-refractivity contribution >= 4 is 50.3 Å². The maximum Gasteiger partial charge on any atom is 0.410 e. The summed E-state index contributed by atoms with van der Waals surface area (Å²) >= 11 is 9.42. The monoisotopic (exact) mass is 647 g/mol. The van der Waals surface area contributed by atoms with E-state index in [0.717, 1.165) is 37.3 Å². The molecule has 2 aromatic rings. The highest BCUT2D eigenvalue weighted by Crippen LogP contribution is 2.42. The topological polar surface area (TPSA) is 71.0 Å². The van der Waals surface area contributed by atoms with Gasteiger partial charge in [-0.1, -0.05) is 18.5 Å². The molecule has 40 heavy (non-hydrogen) atoms. The Hall–Kier alpha value is -2.05. The van der Waals surface area contributed by atoms with Crippen molar-refractivity contribution in [3.63, 3.8) is 0 Å². The lowest BCUT2D eigenvalue weighted by Crippen LogP contribution is -2.44. The fourth-order valence-electron chi connectivity index (χ4n) is 6.13. The van der Waals surface area contributed by atoms with Gasteiger partial charge in [-0.2, -0.15) is 9.97 Å². The van der Waals surface area contributed by atoms with Crippen molar-refractivity contribution in [1.29, 1.82) is 0 Å². The lowest BCUT2D eigenvalue weighted by atomic mass is 9.92. The van der Waals surface area contributed by atoms with E-state index in [9.17, 15) is 4.79 Å². The summed E-state index contributed by atoms with van der Waals surface area (Å²) in [5, 5.41) is 0.232. The third kappa shape index (κ3) is 5.94. The zero-order valence-corrected chi connectivity index (χ0v) is 25.4. The van der Waals surface area contributed by atoms with Crippen molar-refractivity contribution in [2.45, 2.75) is 64.0 Å². The van der Waals surface area contributed by atoms with Crippen LogP contribution in [-0.4, -0.2) is 88.8 Å². The van der Waals surface area contributed by atoms with Crippen LogP contribution < -0.4 is 9.64 Å². The van der Waals surface area contributed by atoms with Crippen molar-refractivity contribution < 1.29 is 27.4 Å². The van der Waals surface area contributed by atoms with Crippen molar-refractivity contribution in [3.05, 3.63) is 21.4 Å². The maximum atomic E-state index is 15.4. The van der Waals surface area contributed by atoms with Gasteiger partial charge in [0, 0.05) is 25.0 Å². The number of ether oxygens (including phenoxy) is 2. The number of carbonyl (C=O) groups is 1. The van der Waals surface area contributed by atoms with Crippen molar-refractivity contribution in [3.8, 4) is 6.01 Å². The van der Waals surface area contributed by atoms with Crippen LogP contribution >= 0.6 is 27.5 Å². The fraction of sp³-hybridized carbons (Fsp3) is 0.667. The molecule has 3 aliphatic rings. The number of benzene rings is 1. The molecule has 5 rings (SSSR count). The van der Waals surface area contributed by atoms with Gasteiger partial charge in [0.2, 0.25) is 0 Å². The molecule has 8 nitrogen and oxygen atoms in total. The van der Waals surface area contributed by atoms with E-state index in [4.69, 9.17) is 21.1 Å². The van der Waals surface area contributed by atoms with E-state index in [1.54, 1.807) is 20.8 Å². The molecule has 0 spiro atoms. The summed E-state index contributed by atoms with van der Waals surface area (Å²) in [5.74, 6) is -3.44.